The SMILES string of the molecule is CCOc1cc(OC)ccc1/C=C/C(=O)N1CCC(N)CC1. The molecule has 0 atom stereocenters. The van der Waals surface area contributed by atoms with E-state index in [0.717, 1.165) is 37.2 Å². The fourth-order valence-corrected chi connectivity index (χ4v) is 2.45. The number of amides is 1. The van der Waals surface area contributed by atoms with Gasteiger partial charge in [0, 0.05) is 36.8 Å². The molecular weight excluding hydrogens is 280 g/mol. The predicted molar refractivity (Wildman–Crippen MR) is 87.0 cm³/mol. The lowest BCUT2D eigenvalue weighted by molar-refractivity contribution is -0.126. The normalized spacial score (nSPS) is 16.0. The summed E-state index contributed by atoms with van der Waals surface area (Å²) in [5.74, 6) is 1.47. The molecule has 1 saturated heterocycles. The molecule has 120 valence electrons. The topological polar surface area (TPSA) is 64.8 Å². The second kappa shape index (κ2) is 7.84. The molecule has 2 N–H and O–H groups in total. The van der Waals surface area contributed by atoms with Gasteiger partial charge in [0.1, 0.15) is 11.5 Å². The Morgan fingerprint density at radius 2 is 2.14 bits per heavy atom. The summed E-state index contributed by atoms with van der Waals surface area (Å²) in [5.41, 5.74) is 6.72. The van der Waals surface area contributed by atoms with Gasteiger partial charge in [-0.1, -0.05) is 0 Å². The lowest BCUT2D eigenvalue weighted by atomic mass is 10.1. The van der Waals surface area contributed by atoms with Crippen molar-refractivity contribution in [3.8, 4) is 11.5 Å². The Balaban J connectivity index is 2.07. The highest BCUT2D eigenvalue weighted by atomic mass is 16.5. The third kappa shape index (κ3) is 4.24. The molecule has 1 amide bonds. The van der Waals surface area contributed by atoms with E-state index in [0.29, 0.717) is 12.4 Å². The van der Waals surface area contributed by atoms with Gasteiger partial charge in [-0.15, -0.1) is 0 Å². The highest BCUT2D eigenvalue weighted by Crippen LogP contribution is 2.26. The predicted octanol–water partition coefficient (Wildman–Crippen LogP) is 2.06. The van der Waals surface area contributed by atoms with Gasteiger partial charge in [0.25, 0.3) is 0 Å². The van der Waals surface area contributed by atoms with Crippen LogP contribution in [0, 0.1) is 0 Å². The van der Waals surface area contributed by atoms with E-state index in [1.807, 2.05) is 30.0 Å². The van der Waals surface area contributed by atoms with E-state index in [1.165, 1.54) is 0 Å². The standard InChI is InChI=1S/C17H24N2O3/c1-3-22-16-12-15(21-2)6-4-13(16)5-7-17(20)19-10-8-14(18)9-11-19/h4-7,12,14H,3,8-11,18H2,1-2H3/b7-5+. The van der Waals surface area contributed by atoms with E-state index in [2.05, 4.69) is 0 Å². The Morgan fingerprint density at radius 1 is 1.41 bits per heavy atom. The van der Waals surface area contributed by atoms with Crippen LogP contribution in [0.2, 0.25) is 0 Å². The van der Waals surface area contributed by atoms with Crippen molar-refractivity contribution >= 4 is 12.0 Å². The summed E-state index contributed by atoms with van der Waals surface area (Å²) in [5, 5.41) is 0. The Morgan fingerprint density at radius 3 is 2.77 bits per heavy atom. The summed E-state index contributed by atoms with van der Waals surface area (Å²) in [6, 6.07) is 5.79. The molecule has 1 fully saturated rings. The van der Waals surface area contributed by atoms with Gasteiger partial charge >= 0.3 is 0 Å². The molecular formula is C17H24N2O3. The maximum Gasteiger partial charge on any atom is 0.246 e. The van der Waals surface area contributed by atoms with Crippen LogP contribution in [0.25, 0.3) is 6.08 Å². The number of likely N-dealkylation sites (tertiary alicyclic amines) is 1. The molecule has 1 aromatic rings. The number of benzene rings is 1. The zero-order chi connectivity index (χ0) is 15.9. The van der Waals surface area contributed by atoms with Crippen molar-refractivity contribution in [3.05, 3.63) is 29.8 Å². The van der Waals surface area contributed by atoms with Crippen LogP contribution in [0.1, 0.15) is 25.3 Å². The van der Waals surface area contributed by atoms with Gasteiger partial charge in [-0.3, -0.25) is 4.79 Å². The molecule has 0 aromatic heterocycles. The summed E-state index contributed by atoms with van der Waals surface area (Å²) < 4.78 is 10.8. The van der Waals surface area contributed by atoms with Crippen LogP contribution in [0.4, 0.5) is 0 Å². The monoisotopic (exact) mass is 304 g/mol. The van der Waals surface area contributed by atoms with Crippen LogP contribution in [0.15, 0.2) is 24.3 Å². The number of carbonyl (C=O) groups excluding carboxylic acids is 1. The van der Waals surface area contributed by atoms with E-state index in [1.54, 1.807) is 19.3 Å². The van der Waals surface area contributed by atoms with Crippen molar-refractivity contribution in [1.82, 2.24) is 4.90 Å². The Bertz CT molecular complexity index is 535. The summed E-state index contributed by atoms with van der Waals surface area (Å²) in [4.78, 5) is 14.0. The van der Waals surface area contributed by atoms with Crippen LogP contribution in [-0.4, -0.2) is 43.7 Å². The Kier molecular flexibility index (Phi) is 5.83. The maximum atomic E-state index is 12.2. The first-order valence-corrected chi connectivity index (χ1v) is 7.67. The molecule has 2 rings (SSSR count). The van der Waals surface area contributed by atoms with E-state index >= 15 is 0 Å². The summed E-state index contributed by atoms with van der Waals surface area (Å²) in [7, 11) is 1.62. The zero-order valence-electron chi connectivity index (χ0n) is 13.2. The lowest BCUT2D eigenvalue weighted by Crippen LogP contribution is -2.42. The molecule has 0 radical (unpaired) electrons. The number of methoxy groups -OCH3 is 1. The number of piperidine rings is 1. The van der Waals surface area contributed by atoms with Gasteiger partial charge in [-0.05, 0) is 38.0 Å². The lowest BCUT2D eigenvalue weighted by Gasteiger charge is -2.29. The molecule has 0 saturated carbocycles. The van der Waals surface area contributed by atoms with Crippen LogP contribution in [0.3, 0.4) is 0 Å². The molecule has 0 bridgehead atoms. The first-order valence-electron chi connectivity index (χ1n) is 7.67. The van der Waals surface area contributed by atoms with Gasteiger partial charge in [0.15, 0.2) is 0 Å². The van der Waals surface area contributed by atoms with E-state index in [-0.39, 0.29) is 11.9 Å². The zero-order valence-corrected chi connectivity index (χ0v) is 13.2. The number of hydrogen-bond acceptors (Lipinski definition) is 4. The van der Waals surface area contributed by atoms with Crippen LogP contribution >= 0.6 is 0 Å². The molecule has 1 heterocycles. The van der Waals surface area contributed by atoms with Gasteiger partial charge in [-0.25, -0.2) is 0 Å². The number of rotatable bonds is 5. The molecule has 5 nitrogen and oxygen atoms in total. The van der Waals surface area contributed by atoms with E-state index in [4.69, 9.17) is 15.2 Å². The molecule has 5 heteroatoms. The molecule has 1 aromatic carbocycles. The van der Waals surface area contributed by atoms with Crippen molar-refractivity contribution in [2.45, 2.75) is 25.8 Å². The van der Waals surface area contributed by atoms with Gasteiger partial charge < -0.3 is 20.1 Å². The van der Waals surface area contributed by atoms with Crippen molar-refractivity contribution in [1.29, 1.82) is 0 Å². The minimum atomic E-state index is 0.0187. The average Bonchev–Trinajstić information content (AvgIpc) is 2.54. The number of nitrogens with zero attached hydrogens (tertiary/aromatic N) is 1. The average molecular weight is 304 g/mol. The molecule has 0 aliphatic carbocycles. The van der Waals surface area contributed by atoms with E-state index < -0.39 is 0 Å². The largest absolute Gasteiger partial charge is 0.497 e. The third-order valence-corrected chi connectivity index (χ3v) is 3.78. The van der Waals surface area contributed by atoms with Gasteiger partial charge in [0.05, 0.1) is 13.7 Å². The highest BCUT2D eigenvalue weighted by Gasteiger charge is 2.18. The summed E-state index contributed by atoms with van der Waals surface area (Å²) in [6.07, 6.45) is 5.13. The van der Waals surface area contributed by atoms with Crippen molar-refractivity contribution in [3.63, 3.8) is 0 Å². The quantitative estimate of drug-likeness (QED) is 0.846. The fraction of sp³-hybridized carbons (Fsp3) is 0.471. The third-order valence-electron chi connectivity index (χ3n) is 3.78. The summed E-state index contributed by atoms with van der Waals surface area (Å²) >= 11 is 0. The molecule has 0 unspecified atom stereocenters. The maximum absolute atomic E-state index is 12.2. The summed E-state index contributed by atoms with van der Waals surface area (Å²) in [6.45, 7) is 3.94. The number of ether oxygens (including phenoxy) is 2. The van der Waals surface area contributed by atoms with Crippen molar-refractivity contribution in [2.75, 3.05) is 26.8 Å². The first kappa shape index (κ1) is 16.4. The van der Waals surface area contributed by atoms with Crippen molar-refractivity contribution in [2.24, 2.45) is 5.73 Å². The van der Waals surface area contributed by atoms with Gasteiger partial charge in [0.2, 0.25) is 5.91 Å². The minimum Gasteiger partial charge on any atom is -0.497 e. The van der Waals surface area contributed by atoms with Crippen LogP contribution < -0.4 is 15.2 Å². The Labute approximate surface area is 131 Å². The Hall–Kier alpha value is -2.01. The molecule has 0 spiro atoms. The second-order valence-electron chi connectivity index (χ2n) is 5.33. The number of hydrogen-bond donors (Lipinski definition) is 1. The number of nitrogens with two attached hydrogens (primary N) is 1. The first-order chi connectivity index (χ1) is 10.6. The second-order valence-corrected chi connectivity index (χ2v) is 5.33. The van der Waals surface area contributed by atoms with E-state index in [9.17, 15) is 4.79 Å². The molecule has 1 aliphatic rings. The molecule has 1 aliphatic heterocycles. The van der Waals surface area contributed by atoms with Crippen LogP contribution in [0.5, 0.6) is 11.5 Å². The highest BCUT2D eigenvalue weighted by molar-refractivity contribution is 5.92. The minimum absolute atomic E-state index is 0.0187. The van der Waals surface area contributed by atoms with Crippen LogP contribution in [-0.2, 0) is 4.79 Å². The smallest absolute Gasteiger partial charge is 0.246 e. The van der Waals surface area contributed by atoms with Crippen molar-refractivity contribution < 1.29 is 14.3 Å². The number of carbonyl (C=O) groups is 1. The van der Waals surface area contributed by atoms with Gasteiger partial charge in [-0.2, -0.15) is 0 Å². The fourth-order valence-electron chi connectivity index (χ4n) is 2.45. The molecule has 22 heavy (non-hydrogen) atoms.